The van der Waals surface area contributed by atoms with E-state index in [9.17, 15) is 14.4 Å². The van der Waals surface area contributed by atoms with Crippen molar-refractivity contribution >= 4 is 52.0 Å². The monoisotopic (exact) mass is 784 g/mol. The molecule has 1 saturated heterocycles. The van der Waals surface area contributed by atoms with Crippen molar-refractivity contribution in [2.45, 2.75) is 65.7 Å². The van der Waals surface area contributed by atoms with Crippen molar-refractivity contribution in [2.75, 3.05) is 13.2 Å². The molecule has 6 heterocycles. The molecule has 0 aliphatic carbocycles. The van der Waals surface area contributed by atoms with E-state index in [4.69, 9.17) is 33.6 Å². The number of ether oxygens (including phenoxy) is 3. The van der Waals surface area contributed by atoms with Gasteiger partial charge in [-0.3, -0.25) is 4.90 Å². The Morgan fingerprint density at radius 3 is 2.39 bits per heavy atom. The lowest BCUT2D eigenvalue weighted by molar-refractivity contribution is 0.0223. The Hall–Kier alpha value is -5.32. The molecule has 0 spiro atoms. The highest BCUT2D eigenvalue weighted by Crippen LogP contribution is 2.39. The van der Waals surface area contributed by atoms with E-state index in [0.29, 0.717) is 50.7 Å². The van der Waals surface area contributed by atoms with E-state index in [1.807, 2.05) is 61.9 Å². The number of hydrogen-bond donors (Lipinski definition) is 0. The number of thiazole rings is 3. The van der Waals surface area contributed by atoms with Crippen LogP contribution in [0.15, 0.2) is 63.0 Å². The first-order chi connectivity index (χ1) is 26.0. The maximum Gasteiger partial charge on any atom is 0.410 e. The number of aryl methyl sites for hydroxylation is 1. The van der Waals surface area contributed by atoms with Gasteiger partial charge in [0.2, 0.25) is 5.89 Å². The highest BCUT2D eigenvalue weighted by Gasteiger charge is 2.35. The van der Waals surface area contributed by atoms with Crippen molar-refractivity contribution in [3.63, 3.8) is 0 Å². The third-order valence-electron chi connectivity index (χ3n) is 8.19. The summed E-state index contributed by atoms with van der Waals surface area (Å²) in [7, 11) is 0. The lowest BCUT2D eigenvalue weighted by atomic mass is 10.1. The molecule has 13 nitrogen and oxygen atoms in total. The summed E-state index contributed by atoms with van der Waals surface area (Å²) < 4.78 is 22.4. The average Bonchev–Trinajstić information content (AvgIpc) is 4.00. The Labute approximate surface area is 323 Å². The van der Waals surface area contributed by atoms with Crippen molar-refractivity contribution in [3.05, 3.63) is 86.3 Å². The number of hydrogen-bond acceptors (Lipinski definition) is 15. The van der Waals surface area contributed by atoms with E-state index in [0.717, 1.165) is 23.4 Å². The summed E-state index contributed by atoms with van der Waals surface area (Å²) >= 11 is 4.13. The van der Waals surface area contributed by atoms with E-state index in [1.165, 1.54) is 34.0 Å². The number of carbonyl (C=O) groups excluding carboxylic acids is 3. The zero-order chi connectivity index (χ0) is 38.0. The molecule has 1 atom stereocenters. The molecule has 54 heavy (non-hydrogen) atoms. The van der Waals surface area contributed by atoms with Crippen LogP contribution in [-0.2, 0) is 20.8 Å². The van der Waals surface area contributed by atoms with E-state index >= 15 is 0 Å². The molecule has 0 N–H and O–H groups in total. The number of benzene rings is 1. The second kappa shape index (κ2) is 15.6. The standard InChI is InChI=1S/C38H36N6O7S3/c1-6-48-35(45)27-20-53-32(42-27)24-15-14-23(31-43-29(21(2)50-31)36(46)49-17-22-11-8-7-9-12-22)30(39-24)25-18-52-33(40-25)26-19-54-34(41-26)28-13-10-16-44(28)37(47)51-38(3,4)5/h7-9,11-12,14-15,18-20,28H,6,10,13,16-17H2,1-5H3/t28-/m0/s1. The van der Waals surface area contributed by atoms with Gasteiger partial charge in [-0.15, -0.1) is 34.0 Å². The molecule has 5 aromatic heterocycles. The zero-order valence-electron chi connectivity index (χ0n) is 30.2. The minimum Gasteiger partial charge on any atom is -0.461 e. The number of oxazole rings is 1. The lowest BCUT2D eigenvalue weighted by Gasteiger charge is -2.27. The summed E-state index contributed by atoms with van der Waals surface area (Å²) in [5, 5.41) is 7.40. The molecule has 0 saturated carbocycles. The fourth-order valence-corrected chi connectivity index (χ4v) is 8.28. The van der Waals surface area contributed by atoms with Gasteiger partial charge in [0.15, 0.2) is 11.4 Å². The highest BCUT2D eigenvalue weighted by molar-refractivity contribution is 7.14. The van der Waals surface area contributed by atoms with Gasteiger partial charge in [0, 0.05) is 22.7 Å². The minimum absolute atomic E-state index is 0.0521. The topological polar surface area (TPSA) is 160 Å². The second-order valence-electron chi connectivity index (χ2n) is 13.3. The molecule has 1 aliphatic heterocycles. The number of esters is 2. The summed E-state index contributed by atoms with van der Waals surface area (Å²) in [6, 6.07) is 12.7. The first-order valence-electron chi connectivity index (χ1n) is 17.2. The van der Waals surface area contributed by atoms with Gasteiger partial charge in [-0.25, -0.2) is 39.3 Å². The molecule has 16 heteroatoms. The van der Waals surface area contributed by atoms with E-state index < -0.39 is 17.5 Å². The average molecular weight is 785 g/mol. The maximum absolute atomic E-state index is 13.1. The Kier molecular flexibility index (Phi) is 10.7. The molecule has 6 aromatic rings. The summed E-state index contributed by atoms with van der Waals surface area (Å²) in [6.07, 6.45) is 1.31. The molecule has 0 bridgehead atoms. The fraction of sp³-hybridized carbons (Fsp3) is 0.316. The van der Waals surface area contributed by atoms with Crippen molar-refractivity contribution in [1.29, 1.82) is 0 Å². The number of aromatic nitrogens is 5. The Morgan fingerprint density at radius 2 is 1.61 bits per heavy atom. The number of pyridine rings is 1. The van der Waals surface area contributed by atoms with Crippen LogP contribution in [0.3, 0.4) is 0 Å². The van der Waals surface area contributed by atoms with Gasteiger partial charge >= 0.3 is 18.0 Å². The van der Waals surface area contributed by atoms with Gasteiger partial charge in [-0.2, -0.15) is 0 Å². The number of carbonyl (C=O) groups is 3. The first-order valence-corrected chi connectivity index (χ1v) is 19.9. The zero-order valence-corrected chi connectivity index (χ0v) is 32.6. The van der Waals surface area contributed by atoms with Crippen LogP contribution in [0.5, 0.6) is 0 Å². The predicted octanol–water partition coefficient (Wildman–Crippen LogP) is 9.02. The summed E-state index contributed by atoms with van der Waals surface area (Å²) in [5.74, 6) is -0.682. The molecule has 1 amide bonds. The van der Waals surface area contributed by atoms with Gasteiger partial charge in [0.25, 0.3) is 0 Å². The minimum atomic E-state index is -0.616. The molecule has 1 aliphatic rings. The van der Waals surface area contributed by atoms with Crippen LogP contribution in [0.25, 0.3) is 44.2 Å². The molecule has 1 fully saturated rings. The summed E-state index contributed by atoms with van der Waals surface area (Å²) in [6.45, 7) is 9.88. The van der Waals surface area contributed by atoms with Crippen molar-refractivity contribution < 1.29 is 33.0 Å². The number of nitrogens with zero attached hydrogens (tertiary/aromatic N) is 6. The number of amides is 1. The molecular weight excluding hydrogens is 749 g/mol. The van der Waals surface area contributed by atoms with Gasteiger partial charge in [0.05, 0.1) is 23.9 Å². The largest absolute Gasteiger partial charge is 0.461 e. The first kappa shape index (κ1) is 37.0. The van der Waals surface area contributed by atoms with Crippen molar-refractivity contribution in [3.8, 4) is 44.2 Å². The van der Waals surface area contributed by atoms with Crippen molar-refractivity contribution in [2.24, 2.45) is 0 Å². The van der Waals surface area contributed by atoms with Crippen LogP contribution >= 0.6 is 34.0 Å². The van der Waals surface area contributed by atoms with Gasteiger partial charge in [0.1, 0.15) is 50.1 Å². The SMILES string of the molecule is CCOC(=O)c1csc(-c2ccc(-c3nc(C(=O)OCc4ccccc4)c(C)o3)c(-c3csc(-c4csc([C@@H]5CCCN5C(=O)OC(C)(C)C)n4)n3)n2)n1. The Morgan fingerprint density at radius 1 is 0.852 bits per heavy atom. The highest BCUT2D eigenvalue weighted by atomic mass is 32.1. The molecular formula is C38H36N6O7S3. The van der Waals surface area contributed by atoms with Crippen LogP contribution < -0.4 is 0 Å². The van der Waals surface area contributed by atoms with Gasteiger partial charge in [-0.1, -0.05) is 30.3 Å². The van der Waals surface area contributed by atoms with E-state index in [1.54, 1.807) is 36.3 Å². The lowest BCUT2D eigenvalue weighted by Crippen LogP contribution is -2.36. The molecule has 0 radical (unpaired) electrons. The van der Waals surface area contributed by atoms with Crippen LogP contribution in [0.2, 0.25) is 0 Å². The fourth-order valence-electron chi connectivity index (χ4n) is 5.73. The Bertz CT molecular complexity index is 2310. The van der Waals surface area contributed by atoms with E-state index in [2.05, 4.69) is 9.97 Å². The van der Waals surface area contributed by atoms with Crippen molar-refractivity contribution in [1.82, 2.24) is 29.8 Å². The van der Waals surface area contributed by atoms with Crippen LogP contribution in [0.4, 0.5) is 4.79 Å². The third-order valence-corrected chi connectivity index (χ3v) is 10.9. The summed E-state index contributed by atoms with van der Waals surface area (Å²) in [4.78, 5) is 64.0. The molecule has 278 valence electrons. The molecule has 0 unspecified atom stereocenters. The molecule has 1 aromatic carbocycles. The van der Waals surface area contributed by atoms with E-state index in [-0.39, 0.29) is 42.6 Å². The van der Waals surface area contributed by atoms with Gasteiger partial charge < -0.3 is 18.6 Å². The summed E-state index contributed by atoms with van der Waals surface area (Å²) in [5.41, 5.74) is 3.09. The number of likely N-dealkylation sites (tertiary alicyclic amines) is 1. The molecule has 7 rings (SSSR count). The van der Waals surface area contributed by atoms with Crippen LogP contribution in [0, 0.1) is 6.92 Å². The third kappa shape index (κ3) is 8.10. The van der Waals surface area contributed by atoms with Crippen LogP contribution in [-0.4, -0.2) is 66.6 Å². The maximum atomic E-state index is 13.1. The smallest absolute Gasteiger partial charge is 0.410 e. The Balaban J connectivity index is 1.21. The number of rotatable bonds is 10. The van der Waals surface area contributed by atoms with Gasteiger partial charge in [-0.05, 0) is 65.2 Å². The normalized spacial score (nSPS) is 14.3. The second-order valence-corrected chi connectivity index (χ2v) is 15.9. The quantitative estimate of drug-likeness (QED) is 0.0960. The predicted molar refractivity (Wildman–Crippen MR) is 204 cm³/mol. The van der Waals surface area contributed by atoms with Crippen LogP contribution in [0.1, 0.15) is 83.9 Å².